The van der Waals surface area contributed by atoms with Crippen molar-refractivity contribution in [3.05, 3.63) is 149 Å². The van der Waals surface area contributed by atoms with Crippen LogP contribution in [0, 0.1) is 6.67 Å². The van der Waals surface area contributed by atoms with Crippen molar-refractivity contribution < 1.29 is 22.4 Å². The molecule has 57 heavy (non-hydrogen) atoms. The minimum absolute atomic E-state index is 0. The van der Waals surface area contributed by atoms with Crippen molar-refractivity contribution in [3.8, 4) is 0 Å². The number of benzene rings is 5. The van der Waals surface area contributed by atoms with Crippen LogP contribution in [0.4, 0.5) is 11.4 Å². The largest absolute Gasteiger partial charge is 0.657 e. The van der Waals surface area contributed by atoms with Gasteiger partial charge in [-0.2, -0.15) is 5.10 Å². The maximum atomic E-state index is 5.29. The van der Waals surface area contributed by atoms with Gasteiger partial charge in [0.1, 0.15) is 5.84 Å². The van der Waals surface area contributed by atoms with Gasteiger partial charge in [-0.05, 0) is 78.7 Å². The topological polar surface area (TPSA) is 32.9 Å². The number of anilines is 2. The van der Waals surface area contributed by atoms with Crippen LogP contribution in [0.1, 0.15) is 160 Å². The number of amidine groups is 1. The maximum absolute atomic E-state index is 5.29. The zero-order valence-corrected chi connectivity index (χ0v) is 39.0. The zero-order valence-electron chi connectivity index (χ0n) is 36.8. The molecule has 305 valence electrons. The molecule has 1 aromatic heterocycles. The molecule has 0 saturated heterocycles. The van der Waals surface area contributed by atoms with E-state index in [9.17, 15) is 0 Å². The number of hydrogen-bond acceptors (Lipinski definition) is 3. The molecule has 0 fully saturated rings. The third kappa shape index (κ3) is 9.30. The summed E-state index contributed by atoms with van der Waals surface area (Å²) in [5.41, 5.74) is 14.2. The predicted molar refractivity (Wildman–Crippen MR) is 244 cm³/mol. The molecule has 0 N–H and O–H groups in total. The molecule has 4 nitrogen and oxygen atoms in total. The summed E-state index contributed by atoms with van der Waals surface area (Å²) in [5, 5.41) is 9.95. The summed E-state index contributed by atoms with van der Waals surface area (Å²) < 4.78 is 0. The minimum atomic E-state index is 0. The van der Waals surface area contributed by atoms with Crippen molar-refractivity contribution in [2.45, 2.75) is 131 Å². The molecule has 0 bridgehead atoms. The summed E-state index contributed by atoms with van der Waals surface area (Å²) in [5.74, 6) is 2.56. The molecule has 0 saturated carbocycles. The molecule has 7 rings (SSSR count). The molecule has 0 aliphatic carbocycles. The van der Waals surface area contributed by atoms with Gasteiger partial charge in [0.25, 0.3) is 0 Å². The smallest absolute Gasteiger partial charge is 0.129 e. The van der Waals surface area contributed by atoms with Gasteiger partial charge in [0, 0.05) is 39.3 Å². The van der Waals surface area contributed by atoms with E-state index in [-0.39, 0.29) is 33.2 Å². The SMILES string of the molecule is CC(C)(C)c1ccc2c(c1)[n-]c1cc(C(C)(C)C)ccc12.CC(C)c1cccc(C(C)C)c1N1[CH-]N(c2c(C(C)C)cccc2C(C)C)C(c2ccccc2)=N1.[Au]. The first-order valence-corrected chi connectivity index (χ1v) is 20.7. The molecule has 1 aliphatic rings. The van der Waals surface area contributed by atoms with Gasteiger partial charge in [0.15, 0.2) is 0 Å². The van der Waals surface area contributed by atoms with Gasteiger partial charge in [-0.25, -0.2) is 0 Å². The fourth-order valence-corrected chi connectivity index (χ4v) is 7.73. The normalized spacial score (nSPS) is 13.5. The zero-order chi connectivity index (χ0) is 40.7. The fraction of sp³-hybridized carbons (Fsp3) is 0.385. The number of rotatable bonds is 7. The standard InChI is InChI=1S/C32H40N3.C20H24N.Au/c1-21(2)26-16-12-17-27(22(3)4)30(26)34-20-35(33-32(34)25-14-10-9-11-15-25)31-28(23(5)6)18-13-19-29(31)24(7)8;1-19(2,3)13-7-9-15-16-10-8-14(20(4,5)6)12-18(16)21-17(15)11-13;/h9-24H,1-8H3;7-12H,1-6H3;/q2*-1;. The summed E-state index contributed by atoms with van der Waals surface area (Å²) >= 11 is 0. The monoisotopic (exact) mass is 941 g/mol. The van der Waals surface area contributed by atoms with Crippen molar-refractivity contribution in [2.24, 2.45) is 5.10 Å². The number of fused-ring (bicyclic) bond motifs is 3. The molecule has 0 atom stereocenters. The molecular formula is C52H64AuN4-2. The number of aromatic nitrogens is 1. The first kappa shape index (κ1) is 44.0. The van der Waals surface area contributed by atoms with Crippen LogP contribution in [0.3, 0.4) is 0 Å². The van der Waals surface area contributed by atoms with Gasteiger partial charge in [0.05, 0.1) is 0 Å². The Labute approximate surface area is 359 Å². The quantitative estimate of drug-likeness (QED) is 0.118. The Kier molecular flexibility index (Phi) is 13.4. The van der Waals surface area contributed by atoms with Crippen molar-refractivity contribution in [1.82, 2.24) is 4.98 Å². The second-order valence-corrected chi connectivity index (χ2v) is 18.9. The van der Waals surface area contributed by atoms with Gasteiger partial charge in [-0.1, -0.05) is 200 Å². The average Bonchev–Trinajstić information content (AvgIpc) is 3.75. The van der Waals surface area contributed by atoms with E-state index in [1.807, 2.05) is 0 Å². The molecule has 1 radical (unpaired) electrons. The van der Waals surface area contributed by atoms with Crippen molar-refractivity contribution in [3.63, 3.8) is 0 Å². The van der Waals surface area contributed by atoms with Crippen molar-refractivity contribution in [2.75, 3.05) is 9.91 Å². The summed E-state index contributed by atoms with van der Waals surface area (Å²) in [6, 6.07) is 37.4. The van der Waals surface area contributed by atoms with E-state index in [1.165, 1.54) is 55.5 Å². The Balaban J connectivity index is 0.000000241. The Morgan fingerprint density at radius 2 is 0.912 bits per heavy atom. The van der Waals surface area contributed by atoms with Crippen LogP contribution in [0.15, 0.2) is 108 Å². The number of nitrogens with zero attached hydrogens (tertiary/aromatic N) is 4. The summed E-state index contributed by atoms with van der Waals surface area (Å²) in [6.45, 7) is 33.9. The molecule has 2 heterocycles. The molecule has 0 amide bonds. The van der Waals surface area contributed by atoms with Gasteiger partial charge >= 0.3 is 0 Å². The van der Waals surface area contributed by atoms with Crippen LogP contribution >= 0.6 is 0 Å². The van der Waals surface area contributed by atoms with E-state index in [0.717, 1.165) is 22.4 Å². The predicted octanol–water partition coefficient (Wildman–Crippen LogP) is 14.5. The maximum Gasteiger partial charge on any atom is 0.129 e. The first-order valence-electron chi connectivity index (χ1n) is 20.7. The van der Waals surface area contributed by atoms with Gasteiger partial charge in [-0.3, -0.25) is 0 Å². The molecule has 1 aliphatic heterocycles. The minimum Gasteiger partial charge on any atom is -0.657 e. The van der Waals surface area contributed by atoms with Crippen LogP contribution < -0.4 is 14.9 Å². The van der Waals surface area contributed by atoms with E-state index < -0.39 is 0 Å². The third-order valence-corrected chi connectivity index (χ3v) is 11.1. The van der Waals surface area contributed by atoms with Crippen molar-refractivity contribution in [1.29, 1.82) is 0 Å². The third-order valence-electron chi connectivity index (χ3n) is 11.1. The summed E-state index contributed by atoms with van der Waals surface area (Å²) in [4.78, 5) is 7.20. The van der Waals surface area contributed by atoms with E-state index in [2.05, 4.69) is 217 Å². The van der Waals surface area contributed by atoms with Crippen LogP contribution in [-0.4, -0.2) is 5.84 Å². The van der Waals surface area contributed by atoms with Gasteiger partial charge in [0.2, 0.25) is 0 Å². The molecule has 5 aromatic carbocycles. The molecule has 0 unspecified atom stereocenters. The first-order chi connectivity index (χ1) is 26.4. The molecule has 5 heteroatoms. The van der Waals surface area contributed by atoms with E-state index in [0.29, 0.717) is 23.7 Å². The van der Waals surface area contributed by atoms with Crippen LogP contribution in [-0.2, 0) is 33.2 Å². The summed E-state index contributed by atoms with van der Waals surface area (Å²) in [6.07, 6.45) is 0. The Bertz CT molecular complexity index is 2210. The number of hydrogen-bond donors (Lipinski definition) is 0. The molecular weight excluding hydrogens is 878 g/mol. The summed E-state index contributed by atoms with van der Waals surface area (Å²) in [7, 11) is 0. The van der Waals surface area contributed by atoms with Crippen LogP contribution in [0.2, 0.25) is 0 Å². The second kappa shape index (κ2) is 17.4. The number of hydrazone groups is 1. The van der Waals surface area contributed by atoms with Gasteiger partial charge in [-0.15, -0.1) is 17.7 Å². The van der Waals surface area contributed by atoms with E-state index in [4.69, 9.17) is 10.1 Å². The van der Waals surface area contributed by atoms with E-state index >= 15 is 0 Å². The molecule has 0 spiro atoms. The Morgan fingerprint density at radius 3 is 1.30 bits per heavy atom. The number of para-hydroxylation sites is 2. The van der Waals surface area contributed by atoms with Gasteiger partial charge < -0.3 is 14.9 Å². The fourth-order valence-electron chi connectivity index (χ4n) is 7.73. The van der Waals surface area contributed by atoms with E-state index in [1.54, 1.807) is 0 Å². The molecule has 6 aromatic rings. The van der Waals surface area contributed by atoms with Crippen LogP contribution in [0.25, 0.3) is 21.8 Å². The average molecular weight is 942 g/mol. The van der Waals surface area contributed by atoms with Crippen molar-refractivity contribution >= 4 is 39.0 Å². The van der Waals surface area contributed by atoms with Crippen LogP contribution in [0.5, 0.6) is 0 Å². The Hall–Kier alpha value is -4.09. The Morgan fingerprint density at radius 1 is 0.509 bits per heavy atom. The second-order valence-electron chi connectivity index (χ2n) is 18.9.